The molecule has 0 aliphatic heterocycles. The van der Waals surface area contributed by atoms with Gasteiger partial charge in [0.05, 0.1) is 22.9 Å². The van der Waals surface area contributed by atoms with E-state index in [0.29, 0.717) is 36.7 Å². The molecular weight excluding hydrogens is 276 g/mol. The third kappa shape index (κ3) is 7.08. The van der Waals surface area contributed by atoms with E-state index in [-0.39, 0.29) is 5.60 Å². The predicted octanol–water partition coefficient (Wildman–Crippen LogP) is 3.43. The Bertz CT molecular complexity index is 417. The van der Waals surface area contributed by atoms with Gasteiger partial charge in [-0.15, -0.1) is 0 Å². The summed E-state index contributed by atoms with van der Waals surface area (Å²) in [6, 6.07) is 3.97. The van der Waals surface area contributed by atoms with E-state index in [1.54, 1.807) is 6.07 Å². The van der Waals surface area contributed by atoms with E-state index in [1.165, 1.54) is 0 Å². The Hall–Kier alpha value is -0.840. The van der Waals surface area contributed by atoms with Crippen molar-refractivity contribution in [3.8, 4) is 5.88 Å². The molecule has 0 saturated heterocycles. The fourth-order valence-corrected chi connectivity index (χ4v) is 1.64. The monoisotopic (exact) mass is 300 g/mol. The molecule has 4 nitrogen and oxygen atoms in total. The zero-order valence-corrected chi connectivity index (χ0v) is 13.8. The summed E-state index contributed by atoms with van der Waals surface area (Å²) in [6.07, 6.45) is 0. The van der Waals surface area contributed by atoms with Crippen molar-refractivity contribution in [3.63, 3.8) is 0 Å². The van der Waals surface area contributed by atoms with E-state index in [0.717, 1.165) is 5.69 Å². The van der Waals surface area contributed by atoms with Crippen molar-refractivity contribution in [2.45, 2.75) is 52.8 Å². The molecule has 0 aromatic carbocycles. The lowest BCUT2D eigenvalue weighted by molar-refractivity contribution is -0.0168. The standard InChI is InChI=1S/C15H25ClN2O2/c1-11(2)17-10-13-12(16)6-7-14(18-13)19-8-9-20-15(3,4)5/h6-7,11,17H,8-10H2,1-5H3. The first-order chi connectivity index (χ1) is 9.28. The first kappa shape index (κ1) is 17.2. The minimum absolute atomic E-state index is 0.150. The molecule has 0 radical (unpaired) electrons. The molecule has 0 atom stereocenters. The zero-order chi connectivity index (χ0) is 15.2. The van der Waals surface area contributed by atoms with E-state index in [2.05, 4.69) is 24.1 Å². The molecule has 0 aliphatic rings. The molecule has 0 saturated carbocycles. The Balaban J connectivity index is 2.48. The van der Waals surface area contributed by atoms with Gasteiger partial charge in [-0.3, -0.25) is 0 Å². The lowest BCUT2D eigenvalue weighted by Crippen LogP contribution is -2.23. The third-order valence-electron chi connectivity index (χ3n) is 2.44. The molecule has 1 aromatic rings. The van der Waals surface area contributed by atoms with Crippen LogP contribution in [0.2, 0.25) is 5.02 Å². The van der Waals surface area contributed by atoms with E-state index >= 15 is 0 Å². The summed E-state index contributed by atoms with van der Waals surface area (Å²) >= 11 is 6.12. The van der Waals surface area contributed by atoms with Crippen LogP contribution in [0.25, 0.3) is 0 Å². The summed E-state index contributed by atoms with van der Waals surface area (Å²) in [5.74, 6) is 0.576. The van der Waals surface area contributed by atoms with Crippen molar-refractivity contribution in [1.29, 1.82) is 0 Å². The van der Waals surface area contributed by atoms with Crippen LogP contribution >= 0.6 is 11.6 Å². The molecule has 0 spiro atoms. The highest BCUT2D eigenvalue weighted by Crippen LogP contribution is 2.18. The van der Waals surface area contributed by atoms with Crippen LogP contribution in [-0.4, -0.2) is 29.8 Å². The summed E-state index contributed by atoms with van der Waals surface area (Å²) in [6.45, 7) is 11.9. The number of nitrogens with one attached hydrogen (secondary N) is 1. The molecule has 0 fully saturated rings. The summed E-state index contributed by atoms with van der Waals surface area (Å²) in [5, 5.41) is 3.94. The molecule has 1 heterocycles. The highest BCUT2D eigenvalue weighted by Gasteiger charge is 2.10. The van der Waals surface area contributed by atoms with Crippen LogP contribution in [0.5, 0.6) is 5.88 Å². The van der Waals surface area contributed by atoms with Crippen LogP contribution in [-0.2, 0) is 11.3 Å². The molecule has 1 N–H and O–H groups in total. The molecule has 1 rings (SSSR count). The lowest BCUT2D eigenvalue weighted by Gasteiger charge is -2.19. The van der Waals surface area contributed by atoms with Crippen LogP contribution < -0.4 is 10.1 Å². The van der Waals surface area contributed by atoms with Crippen molar-refractivity contribution in [3.05, 3.63) is 22.8 Å². The van der Waals surface area contributed by atoms with Crippen molar-refractivity contribution < 1.29 is 9.47 Å². The second-order valence-electron chi connectivity index (χ2n) is 5.92. The van der Waals surface area contributed by atoms with Gasteiger partial charge in [0.25, 0.3) is 0 Å². The quantitative estimate of drug-likeness (QED) is 0.784. The number of ether oxygens (including phenoxy) is 2. The normalized spacial score (nSPS) is 11.9. The number of aromatic nitrogens is 1. The number of pyridine rings is 1. The van der Waals surface area contributed by atoms with E-state index in [1.807, 2.05) is 26.8 Å². The predicted molar refractivity (Wildman–Crippen MR) is 82.4 cm³/mol. The highest BCUT2D eigenvalue weighted by atomic mass is 35.5. The van der Waals surface area contributed by atoms with Gasteiger partial charge in [-0.1, -0.05) is 25.4 Å². The fraction of sp³-hybridized carbons (Fsp3) is 0.667. The maximum Gasteiger partial charge on any atom is 0.213 e. The topological polar surface area (TPSA) is 43.4 Å². The Kier molecular flexibility index (Phi) is 6.72. The SMILES string of the molecule is CC(C)NCc1nc(OCCOC(C)(C)C)ccc1Cl. The molecule has 0 bridgehead atoms. The Morgan fingerprint density at radius 2 is 1.95 bits per heavy atom. The van der Waals surface area contributed by atoms with Crippen LogP contribution in [0.1, 0.15) is 40.3 Å². The summed E-state index contributed by atoms with van der Waals surface area (Å²) in [5.41, 5.74) is 0.651. The largest absolute Gasteiger partial charge is 0.475 e. The average Bonchev–Trinajstić information content (AvgIpc) is 2.33. The fourth-order valence-electron chi connectivity index (χ4n) is 1.46. The molecular formula is C15H25ClN2O2. The smallest absolute Gasteiger partial charge is 0.213 e. The van der Waals surface area contributed by atoms with Gasteiger partial charge in [-0.05, 0) is 26.8 Å². The number of nitrogens with zero attached hydrogens (tertiary/aromatic N) is 1. The molecule has 5 heteroatoms. The van der Waals surface area contributed by atoms with Crippen molar-refractivity contribution in [2.75, 3.05) is 13.2 Å². The van der Waals surface area contributed by atoms with Crippen molar-refractivity contribution in [1.82, 2.24) is 10.3 Å². The number of hydrogen-bond donors (Lipinski definition) is 1. The molecule has 20 heavy (non-hydrogen) atoms. The van der Waals surface area contributed by atoms with Gasteiger partial charge in [-0.25, -0.2) is 4.98 Å². The first-order valence-electron chi connectivity index (χ1n) is 6.93. The Labute approximate surface area is 126 Å². The van der Waals surface area contributed by atoms with Gasteiger partial charge in [0.2, 0.25) is 5.88 Å². The molecule has 0 unspecified atom stereocenters. The second-order valence-corrected chi connectivity index (χ2v) is 6.33. The molecule has 0 aliphatic carbocycles. The minimum atomic E-state index is -0.150. The van der Waals surface area contributed by atoms with E-state index < -0.39 is 0 Å². The summed E-state index contributed by atoms with van der Waals surface area (Å²) in [7, 11) is 0. The maximum absolute atomic E-state index is 6.12. The molecule has 114 valence electrons. The van der Waals surface area contributed by atoms with E-state index in [4.69, 9.17) is 21.1 Å². The average molecular weight is 301 g/mol. The van der Waals surface area contributed by atoms with Gasteiger partial charge >= 0.3 is 0 Å². The van der Waals surface area contributed by atoms with Gasteiger partial charge < -0.3 is 14.8 Å². The number of rotatable bonds is 7. The molecule has 0 amide bonds. The Morgan fingerprint density at radius 1 is 1.25 bits per heavy atom. The Morgan fingerprint density at radius 3 is 2.55 bits per heavy atom. The van der Waals surface area contributed by atoms with Gasteiger partial charge in [0.1, 0.15) is 6.61 Å². The van der Waals surface area contributed by atoms with Crippen molar-refractivity contribution in [2.24, 2.45) is 0 Å². The maximum atomic E-state index is 6.12. The summed E-state index contributed by atoms with van der Waals surface area (Å²) < 4.78 is 11.2. The van der Waals surface area contributed by atoms with Crippen molar-refractivity contribution >= 4 is 11.6 Å². The highest BCUT2D eigenvalue weighted by molar-refractivity contribution is 6.31. The lowest BCUT2D eigenvalue weighted by atomic mass is 10.2. The second kappa shape index (κ2) is 7.81. The van der Waals surface area contributed by atoms with Crippen LogP contribution in [0.4, 0.5) is 0 Å². The zero-order valence-electron chi connectivity index (χ0n) is 13.0. The van der Waals surface area contributed by atoms with E-state index in [9.17, 15) is 0 Å². The number of hydrogen-bond acceptors (Lipinski definition) is 4. The number of halogens is 1. The van der Waals surface area contributed by atoms with Gasteiger partial charge in [-0.2, -0.15) is 0 Å². The van der Waals surface area contributed by atoms with Crippen LogP contribution in [0.3, 0.4) is 0 Å². The van der Waals surface area contributed by atoms with Gasteiger partial charge in [0.15, 0.2) is 0 Å². The minimum Gasteiger partial charge on any atom is -0.475 e. The van der Waals surface area contributed by atoms with Gasteiger partial charge in [0, 0.05) is 18.7 Å². The van der Waals surface area contributed by atoms with Crippen LogP contribution in [0.15, 0.2) is 12.1 Å². The third-order valence-corrected chi connectivity index (χ3v) is 2.78. The summed E-state index contributed by atoms with van der Waals surface area (Å²) in [4.78, 5) is 4.41. The molecule has 1 aromatic heterocycles. The first-order valence-corrected chi connectivity index (χ1v) is 7.31. The van der Waals surface area contributed by atoms with Crippen LogP contribution in [0, 0.1) is 0 Å².